The molecule has 1 aromatic heterocycles. The number of nitrogens with one attached hydrogen (secondary N) is 1. The second-order valence-electron chi connectivity index (χ2n) is 5.00. The van der Waals surface area contributed by atoms with Gasteiger partial charge in [-0.3, -0.25) is 4.98 Å². The third-order valence-corrected chi connectivity index (χ3v) is 3.58. The van der Waals surface area contributed by atoms with E-state index in [4.69, 9.17) is 9.72 Å². The Bertz CT molecular complexity index is 578. The average Bonchev–Trinajstić information content (AvgIpc) is 2.47. The second-order valence-corrected chi connectivity index (χ2v) is 5.00. The van der Waals surface area contributed by atoms with Crippen molar-refractivity contribution in [2.45, 2.75) is 25.8 Å². The van der Waals surface area contributed by atoms with Gasteiger partial charge in [0.15, 0.2) is 0 Å². The molecule has 3 heteroatoms. The number of nitrogens with zero attached hydrogens (tertiary/aromatic N) is 1. The minimum absolute atomic E-state index is 0.543. The van der Waals surface area contributed by atoms with Gasteiger partial charge in [-0.05, 0) is 56.2 Å². The summed E-state index contributed by atoms with van der Waals surface area (Å²) in [6, 6.07) is 12.8. The molecule has 0 fully saturated rings. The van der Waals surface area contributed by atoms with E-state index in [9.17, 15) is 0 Å². The Hall–Kier alpha value is -2.03. The molecule has 1 aliphatic heterocycles. The van der Waals surface area contributed by atoms with Crippen molar-refractivity contribution in [2.75, 3.05) is 12.4 Å². The van der Waals surface area contributed by atoms with E-state index < -0.39 is 0 Å². The Balaban J connectivity index is 1.93. The van der Waals surface area contributed by atoms with Gasteiger partial charge >= 0.3 is 0 Å². The molecule has 0 spiro atoms. The number of ether oxygens (including phenoxy) is 1. The number of methoxy groups -OCH3 is 1. The van der Waals surface area contributed by atoms with Crippen LogP contribution in [0, 0.1) is 0 Å². The quantitative estimate of drug-likeness (QED) is 0.890. The van der Waals surface area contributed by atoms with Crippen molar-refractivity contribution in [3.8, 4) is 17.0 Å². The molecule has 1 N–H and O–H groups in total. The molecule has 0 radical (unpaired) electrons. The molecule has 1 aromatic carbocycles. The van der Waals surface area contributed by atoms with Crippen LogP contribution in [0.25, 0.3) is 11.3 Å². The average molecular weight is 254 g/mol. The predicted octanol–water partition coefficient (Wildman–Crippen LogP) is 3.50. The predicted molar refractivity (Wildman–Crippen MR) is 77.6 cm³/mol. The third kappa shape index (κ3) is 2.41. The lowest BCUT2D eigenvalue weighted by atomic mass is 10.0. The highest BCUT2D eigenvalue weighted by Crippen LogP contribution is 2.27. The highest BCUT2D eigenvalue weighted by Gasteiger charge is 2.15. The fourth-order valence-electron chi connectivity index (χ4n) is 2.44. The summed E-state index contributed by atoms with van der Waals surface area (Å²) < 4.78 is 5.18. The molecular formula is C16H18N2O. The van der Waals surface area contributed by atoms with Gasteiger partial charge in [0.05, 0.1) is 24.2 Å². The zero-order chi connectivity index (χ0) is 13.2. The van der Waals surface area contributed by atoms with Crippen LogP contribution >= 0.6 is 0 Å². The smallest absolute Gasteiger partial charge is 0.118 e. The molecule has 0 saturated heterocycles. The number of pyridine rings is 1. The minimum atomic E-state index is 0.543. The molecule has 98 valence electrons. The maximum Gasteiger partial charge on any atom is 0.118 e. The summed E-state index contributed by atoms with van der Waals surface area (Å²) in [5, 5.41) is 3.47. The van der Waals surface area contributed by atoms with E-state index in [1.807, 2.05) is 24.3 Å². The summed E-state index contributed by atoms with van der Waals surface area (Å²) in [5.74, 6) is 0.872. The Morgan fingerprint density at radius 1 is 1.16 bits per heavy atom. The van der Waals surface area contributed by atoms with Crippen molar-refractivity contribution in [3.05, 3.63) is 42.1 Å². The zero-order valence-electron chi connectivity index (χ0n) is 11.3. The van der Waals surface area contributed by atoms with Crippen LogP contribution in [0.3, 0.4) is 0 Å². The van der Waals surface area contributed by atoms with E-state index in [0.717, 1.165) is 29.8 Å². The highest BCUT2D eigenvalue weighted by molar-refractivity contribution is 5.64. The maximum absolute atomic E-state index is 5.18. The van der Waals surface area contributed by atoms with E-state index in [0.29, 0.717) is 6.04 Å². The lowest BCUT2D eigenvalue weighted by Crippen LogP contribution is -2.22. The number of fused-ring (bicyclic) bond motifs is 1. The van der Waals surface area contributed by atoms with Crippen LogP contribution in [0.15, 0.2) is 36.4 Å². The molecule has 0 unspecified atom stereocenters. The normalized spacial score (nSPS) is 17.5. The van der Waals surface area contributed by atoms with E-state index in [1.165, 1.54) is 11.4 Å². The Morgan fingerprint density at radius 2 is 1.95 bits per heavy atom. The standard InChI is InChI=1S/C16H18N2O/c1-11-3-8-16-15(17-11)10-9-14(18-16)12-4-6-13(19-2)7-5-12/h4-7,9-11,17H,3,8H2,1-2H3/t11-/m1/s1. The van der Waals surface area contributed by atoms with E-state index in [-0.39, 0.29) is 0 Å². The van der Waals surface area contributed by atoms with Gasteiger partial charge in [-0.15, -0.1) is 0 Å². The topological polar surface area (TPSA) is 34.1 Å². The molecule has 19 heavy (non-hydrogen) atoms. The van der Waals surface area contributed by atoms with Crippen molar-refractivity contribution in [3.63, 3.8) is 0 Å². The molecular weight excluding hydrogens is 236 g/mol. The highest BCUT2D eigenvalue weighted by atomic mass is 16.5. The SMILES string of the molecule is COc1ccc(-c2ccc3c(n2)CC[C@@H](C)N3)cc1. The summed E-state index contributed by atoms with van der Waals surface area (Å²) in [5.41, 5.74) is 4.50. The van der Waals surface area contributed by atoms with Crippen molar-refractivity contribution >= 4 is 5.69 Å². The van der Waals surface area contributed by atoms with Gasteiger partial charge in [-0.1, -0.05) is 0 Å². The third-order valence-electron chi connectivity index (χ3n) is 3.58. The van der Waals surface area contributed by atoms with Gasteiger partial charge in [0.25, 0.3) is 0 Å². The number of rotatable bonds is 2. The fourth-order valence-corrected chi connectivity index (χ4v) is 2.44. The van der Waals surface area contributed by atoms with Crippen LogP contribution in [-0.2, 0) is 6.42 Å². The maximum atomic E-state index is 5.18. The van der Waals surface area contributed by atoms with Crippen LogP contribution in [0.5, 0.6) is 5.75 Å². The van der Waals surface area contributed by atoms with Crippen molar-refractivity contribution < 1.29 is 4.74 Å². The first-order chi connectivity index (χ1) is 9.26. The van der Waals surface area contributed by atoms with Gasteiger partial charge in [0, 0.05) is 11.6 Å². The summed E-state index contributed by atoms with van der Waals surface area (Å²) in [4.78, 5) is 4.77. The van der Waals surface area contributed by atoms with Gasteiger partial charge in [0.1, 0.15) is 5.75 Å². The van der Waals surface area contributed by atoms with Crippen LogP contribution in [0.1, 0.15) is 19.0 Å². The lowest BCUT2D eigenvalue weighted by Gasteiger charge is -2.23. The van der Waals surface area contributed by atoms with Gasteiger partial charge in [0.2, 0.25) is 0 Å². The van der Waals surface area contributed by atoms with Crippen molar-refractivity contribution in [2.24, 2.45) is 0 Å². The molecule has 0 bridgehead atoms. The molecule has 0 amide bonds. The van der Waals surface area contributed by atoms with Crippen LogP contribution < -0.4 is 10.1 Å². The molecule has 2 heterocycles. The van der Waals surface area contributed by atoms with Gasteiger partial charge in [-0.25, -0.2) is 0 Å². The van der Waals surface area contributed by atoms with E-state index in [2.05, 4.69) is 24.4 Å². The molecule has 0 aliphatic carbocycles. The molecule has 2 aromatic rings. The number of hydrogen-bond donors (Lipinski definition) is 1. The Labute approximate surface area is 113 Å². The number of aromatic nitrogens is 1. The molecule has 3 nitrogen and oxygen atoms in total. The van der Waals surface area contributed by atoms with E-state index in [1.54, 1.807) is 7.11 Å². The molecule has 0 saturated carbocycles. The number of benzene rings is 1. The van der Waals surface area contributed by atoms with Gasteiger partial charge < -0.3 is 10.1 Å². The minimum Gasteiger partial charge on any atom is -0.497 e. The summed E-state index contributed by atoms with van der Waals surface area (Å²) in [6.07, 6.45) is 2.19. The first kappa shape index (κ1) is 12.0. The summed E-state index contributed by atoms with van der Waals surface area (Å²) in [6.45, 7) is 2.21. The molecule has 1 aliphatic rings. The largest absolute Gasteiger partial charge is 0.497 e. The number of anilines is 1. The first-order valence-corrected chi connectivity index (χ1v) is 6.67. The molecule has 1 atom stereocenters. The zero-order valence-corrected chi connectivity index (χ0v) is 11.3. The van der Waals surface area contributed by atoms with Crippen LogP contribution in [0.2, 0.25) is 0 Å². The Kier molecular flexibility index (Phi) is 3.11. The Morgan fingerprint density at radius 3 is 2.68 bits per heavy atom. The lowest BCUT2D eigenvalue weighted by molar-refractivity contribution is 0.415. The fraction of sp³-hybridized carbons (Fsp3) is 0.312. The van der Waals surface area contributed by atoms with Gasteiger partial charge in [-0.2, -0.15) is 0 Å². The van der Waals surface area contributed by atoms with E-state index >= 15 is 0 Å². The van der Waals surface area contributed by atoms with Crippen molar-refractivity contribution in [1.29, 1.82) is 0 Å². The monoisotopic (exact) mass is 254 g/mol. The first-order valence-electron chi connectivity index (χ1n) is 6.67. The number of hydrogen-bond acceptors (Lipinski definition) is 3. The van der Waals surface area contributed by atoms with Crippen LogP contribution in [0.4, 0.5) is 5.69 Å². The van der Waals surface area contributed by atoms with Crippen molar-refractivity contribution in [1.82, 2.24) is 4.98 Å². The second kappa shape index (κ2) is 4.92. The summed E-state index contributed by atoms with van der Waals surface area (Å²) in [7, 11) is 1.68. The van der Waals surface area contributed by atoms with Crippen LogP contribution in [-0.4, -0.2) is 18.1 Å². The number of aryl methyl sites for hydroxylation is 1. The molecule has 3 rings (SSSR count). The summed E-state index contributed by atoms with van der Waals surface area (Å²) >= 11 is 0.